The summed E-state index contributed by atoms with van der Waals surface area (Å²) in [4.78, 5) is 15.6. The Bertz CT molecular complexity index is 1080. The van der Waals surface area contributed by atoms with E-state index in [1.54, 1.807) is 0 Å². The van der Waals surface area contributed by atoms with Crippen molar-refractivity contribution in [2.24, 2.45) is 0 Å². The summed E-state index contributed by atoms with van der Waals surface area (Å²) >= 11 is 0. The van der Waals surface area contributed by atoms with Crippen LogP contribution in [0, 0.1) is 13.8 Å². The molecule has 4 heterocycles. The highest BCUT2D eigenvalue weighted by molar-refractivity contribution is 5.96. The second-order valence-electron chi connectivity index (χ2n) is 8.82. The lowest BCUT2D eigenvalue weighted by Crippen LogP contribution is -2.40. The molecular formula is C24H30N6O. The summed E-state index contributed by atoms with van der Waals surface area (Å²) in [6, 6.07) is 10.00. The van der Waals surface area contributed by atoms with Gasteiger partial charge in [-0.2, -0.15) is 5.10 Å². The summed E-state index contributed by atoms with van der Waals surface area (Å²) < 4.78 is 4.21. The van der Waals surface area contributed by atoms with Crippen LogP contribution in [0.3, 0.4) is 0 Å². The fourth-order valence-corrected chi connectivity index (χ4v) is 5.11. The summed E-state index contributed by atoms with van der Waals surface area (Å²) in [5.74, 6) is 2.52. The van der Waals surface area contributed by atoms with E-state index in [1.165, 1.54) is 19.3 Å². The van der Waals surface area contributed by atoms with Crippen LogP contribution >= 0.6 is 0 Å². The summed E-state index contributed by atoms with van der Waals surface area (Å²) in [7, 11) is 0. The first-order valence-electron chi connectivity index (χ1n) is 11.5. The van der Waals surface area contributed by atoms with Crippen LogP contribution in [0.2, 0.25) is 0 Å². The molecule has 0 spiro atoms. The largest absolute Gasteiger partial charge is 0.338 e. The lowest BCUT2D eigenvalue weighted by molar-refractivity contribution is 0.0701. The van der Waals surface area contributed by atoms with E-state index in [0.29, 0.717) is 6.54 Å². The quantitative estimate of drug-likeness (QED) is 0.648. The highest BCUT2D eigenvalue weighted by atomic mass is 16.2. The average molecular weight is 419 g/mol. The molecule has 2 aromatic heterocycles. The van der Waals surface area contributed by atoms with E-state index < -0.39 is 0 Å². The molecule has 0 unspecified atom stereocenters. The number of carbonyl (C=O) groups is 1. The molecule has 1 amide bonds. The first-order valence-corrected chi connectivity index (χ1v) is 11.5. The third-order valence-electron chi connectivity index (χ3n) is 6.72. The van der Waals surface area contributed by atoms with E-state index in [-0.39, 0.29) is 11.8 Å². The molecule has 2 aliphatic rings. The molecule has 1 saturated heterocycles. The van der Waals surface area contributed by atoms with Crippen molar-refractivity contribution in [3.05, 3.63) is 58.9 Å². The number of carbonyl (C=O) groups excluding carboxylic acids is 1. The topological polar surface area (TPSA) is 68.8 Å². The zero-order valence-corrected chi connectivity index (χ0v) is 18.4. The molecule has 5 rings (SSSR count). The molecule has 7 nitrogen and oxygen atoms in total. The molecule has 0 aliphatic carbocycles. The van der Waals surface area contributed by atoms with Gasteiger partial charge >= 0.3 is 0 Å². The van der Waals surface area contributed by atoms with Crippen molar-refractivity contribution >= 4 is 5.91 Å². The number of aryl methyl sites for hydroxylation is 2. The van der Waals surface area contributed by atoms with E-state index in [9.17, 15) is 4.79 Å². The minimum Gasteiger partial charge on any atom is -0.338 e. The number of fused-ring (bicyclic) bond motifs is 1. The number of amides is 1. The summed E-state index contributed by atoms with van der Waals surface area (Å²) in [5.41, 5.74) is 3.38. The van der Waals surface area contributed by atoms with Gasteiger partial charge in [-0.3, -0.25) is 4.79 Å². The van der Waals surface area contributed by atoms with Crippen molar-refractivity contribution in [1.29, 1.82) is 0 Å². The van der Waals surface area contributed by atoms with Crippen molar-refractivity contribution in [2.45, 2.75) is 64.8 Å². The van der Waals surface area contributed by atoms with E-state index in [4.69, 9.17) is 0 Å². The lowest BCUT2D eigenvalue weighted by Gasteiger charge is -2.32. The highest BCUT2D eigenvalue weighted by Gasteiger charge is 2.32. The van der Waals surface area contributed by atoms with Crippen molar-refractivity contribution in [3.8, 4) is 5.69 Å². The molecule has 0 bridgehead atoms. The molecule has 1 aromatic carbocycles. The molecule has 2 aliphatic heterocycles. The number of piperidine rings is 1. The van der Waals surface area contributed by atoms with Crippen LogP contribution in [0.4, 0.5) is 0 Å². The molecule has 31 heavy (non-hydrogen) atoms. The van der Waals surface area contributed by atoms with Gasteiger partial charge in [-0.15, -0.1) is 10.2 Å². The minimum absolute atomic E-state index is 0.0810. The summed E-state index contributed by atoms with van der Waals surface area (Å²) in [6.07, 6.45) is 6.69. The average Bonchev–Trinajstić information content (AvgIpc) is 3.24. The Kier molecular flexibility index (Phi) is 5.34. The van der Waals surface area contributed by atoms with Gasteiger partial charge in [0, 0.05) is 32.0 Å². The summed E-state index contributed by atoms with van der Waals surface area (Å²) in [6.45, 7) is 6.40. The SMILES string of the molecule is Cc1nn(-c2ccccc2)c(C)c1C(=O)N1CCC[C@@H](c2nnc3n2CCCCC3)C1. The molecule has 0 N–H and O–H groups in total. The molecule has 162 valence electrons. The maximum absolute atomic E-state index is 13.6. The number of rotatable bonds is 3. The standard InChI is InChI=1S/C24H30N6O/c1-17-22(18(2)30(27-17)20-11-5-3-6-12-20)24(31)28-14-9-10-19(16-28)23-26-25-21-13-7-4-8-15-29(21)23/h3,5-6,11-12,19H,4,7-10,13-16H2,1-2H3/t19-/m1/s1. The van der Waals surface area contributed by atoms with Crippen LogP contribution < -0.4 is 0 Å². The maximum Gasteiger partial charge on any atom is 0.257 e. The van der Waals surface area contributed by atoms with Gasteiger partial charge in [0.2, 0.25) is 0 Å². The minimum atomic E-state index is 0.0810. The monoisotopic (exact) mass is 418 g/mol. The normalized spacial score (nSPS) is 19.2. The second-order valence-corrected chi connectivity index (χ2v) is 8.82. The summed E-state index contributed by atoms with van der Waals surface area (Å²) in [5, 5.41) is 13.7. The van der Waals surface area contributed by atoms with Crippen molar-refractivity contribution in [2.75, 3.05) is 13.1 Å². The van der Waals surface area contributed by atoms with Crippen LogP contribution in [0.1, 0.15) is 71.4 Å². The number of nitrogens with zero attached hydrogens (tertiary/aromatic N) is 6. The molecule has 1 fully saturated rings. The Labute approximate surface area is 183 Å². The smallest absolute Gasteiger partial charge is 0.257 e. The van der Waals surface area contributed by atoms with Crippen molar-refractivity contribution in [3.63, 3.8) is 0 Å². The van der Waals surface area contributed by atoms with E-state index in [1.807, 2.05) is 53.8 Å². The second kappa shape index (κ2) is 8.29. The van der Waals surface area contributed by atoms with E-state index in [0.717, 1.165) is 66.6 Å². The predicted octanol–water partition coefficient (Wildman–Crippen LogP) is 3.83. The first-order chi connectivity index (χ1) is 15.1. The highest BCUT2D eigenvalue weighted by Crippen LogP contribution is 2.30. The third kappa shape index (κ3) is 3.66. The van der Waals surface area contributed by atoms with Crippen molar-refractivity contribution in [1.82, 2.24) is 29.4 Å². The Hall–Kier alpha value is -2.96. The van der Waals surface area contributed by atoms with E-state index in [2.05, 4.69) is 19.9 Å². The molecule has 1 atom stereocenters. The van der Waals surface area contributed by atoms with Gasteiger partial charge in [-0.05, 0) is 51.7 Å². The number of hydrogen-bond acceptors (Lipinski definition) is 4. The van der Waals surface area contributed by atoms with Crippen LogP contribution in [0.5, 0.6) is 0 Å². The number of benzene rings is 1. The zero-order chi connectivity index (χ0) is 21.4. The first kappa shape index (κ1) is 20.0. The van der Waals surface area contributed by atoms with Crippen LogP contribution in [0.25, 0.3) is 5.69 Å². The molecule has 0 saturated carbocycles. The van der Waals surface area contributed by atoms with Gasteiger partial charge in [-0.25, -0.2) is 4.68 Å². The Balaban J connectivity index is 1.40. The maximum atomic E-state index is 13.6. The van der Waals surface area contributed by atoms with E-state index >= 15 is 0 Å². The zero-order valence-electron chi connectivity index (χ0n) is 18.4. The van der Waals surface area contributed by atoms with Crippen molar-refractivity contribution < 1.29 is 4.79 Å². The molecule has 7 heteroatoms. The number of likely N-dealkylation sites (tertiary alicyclic amines) is 1. The number of para-hydroxylation sites is 1. The fourth-order valence-electron chi connectivity index (χ4n) is 5.11. The Morgan fingerprint density at radius 1 is 1.00 bits per heavy atom. The molecule has 3 aromatic rings. The van der Waals surface area contributed by atoms with Gasteiger partial charge in [0.05, 0.1) is 22.6 Å². The fraction of sp³-hybridized carbons (Fsp3) is 0.500. The van der Waals surface area contributed by atoms with Crippen LogP contribution in [0.15, 0.2) is 30.3 Å². The predicted molar refractivity (Wildman–Crippen MR) is 118 cm³/mol. The lowest BCUT2D eigenvalue weighted by atomic mass is 9.96. The van der Waals surface area contributed by atoms with Crippen LogP contribution in [-0.4, -0.2) is 48.4 Å². The molecule has 0 radical (unpaired) electrons. The van der Waals surface area contributed by atoms with Crippen LogP contribution in [-0.2, 0) is 13.0 Å². The third-order valence-corrected chi connectivity index (χ3v) is 6.72. The number of hydrogen-bond donors (Lipinski definition) is 0. The van der Waals surface area contributed by atoms with Gasteiger partial charge in [-0.1, -0.05) is 24.6 Å². The molecular weight excluding hydrogens is 388 g/mol. The Morgan fingerprint density at radius 2 is 1.84 bits per heavy atom. The van der Waals surface area contributed by atoms with Gasteiger partial charge < -0.3 is 9.47 Å². The Morgan fingerprint density at radius 3 is 2.68 bits per heavy atom. The van der Waals surface area contributed by atoms with Gasteiger partial charge in [0.25, 0.3) is 5.91 Å². The number of aromatic nitrogens is 5. The van der Waals surface area contributed by atoms with Gasteiger partial charge in [0.15, 0.2) is 0 Å². The van der Waals surface area contributed by atoms with Gasteiger partial charge in [0.1, 0.15) is 11.6 Å².